The SMILES string of the molecule is CCOC(=O)c1cc(=O)c2c(OCC(O)COc3ccc(Br)cc3)cccc2o1. The highest BCUT2D eigenvalue weighted by molar-refractivity contribution is 9.10. The minimum Gasteiger partial charge on any atom is -0.491 e. The quantitative estimate of drug-likeness (QED) is 0.511. The van der Waals surface area contributed by atoms with Gasteiger partial charge in [0.05, 0.1) is 6.61 Å². The second kappa shape index (κ2) is 9.58. The number of aliphatic hydroxyl groups is 1. The van der Waals surface area contributed by atoms with E-state index >= 15 is 0 Å². The highest BCUT2D eigenvalue weighted by Crippen LogP contribution is 2.24. The fourth-order valence-corrected chi connectivity index (χ4v) is 2.82. The molecule has 0 saturated heterocycles. The van der Waals surface area contributed by atoms with E-state index in [9.17, 15) is 14.7 Å². The molecule has 152 valence electrons. The van der Waals surface area contributed by atoms with Crippen molar-refractivity contribution in [1.82, 2.24) is 0 Å². The van der Waals surface area contributed by atoms with Crippen LogP contribution >= 0.6 is 15.9 Å². The average molecular weight is 463 g/mol. The van der Waals surface area contributed by atoms with Crippen LogP contribution in [0.5, 0.6) is 11.5 Å². The third kappa shape index (κ3) is 5.36. The Morgan fingerprint density at radius 1 is 1.14 bits per heavy atom. The zero-order valence-electron chi connectivity index (χ0n) is 15.6. The molecule has 7 nitrogen and oxygen atoms in total. The van der Waals surface area contributed by atoms with Crippen molar-refractivity contribution in [3.8, 4) is 11.5 Å². The summed E-state index contributed by atoms with van der Waals surface area (Å²) >= 11 is 3.34. The zero-order valence-corrected chi connectivity index (χ0v) is 17.2. The lowest BCUT2D eigenvalue weighted by Gasteiger charge is -2.14. The summed E-state index contributed by atoms with van der Waals surface area (Å²) in [7, 11) is 0. The molecule has 1 unspecified atom stereocenters. The van der Waals surface area contributed by atoms with Crippen LogP contribution in [0.3, 0.4) is 0 Å². The van der Waals surface area contributed by atoms with Gasteiger partial charge in [0.2, 0.25) is 5.76 Å². The van der Waals surface area contributed by atoms with Gasteiger partial charge >= 0.3 is 5.97 Å². The van der Waals surface area contributed by atoms with E-state index in [2.05, 4.69) is 15.9 Å². The minimum absolute atomic E-state index is 0.0218. The number of ether oxygens (including phenoxy) is 3. The Morgan fingerprint density at radius 2 is 1.86 bits per heavy atom. The molecule has 1 aromatic heterocycles. The van der Waals surface area contributed by atoms with E-state index in [1.54, 1.807) is 37.3 Å². The summed E-state index contributed by atoms with van der Waals surface area (Å²) in [5.74, 6) is -0.0262. The summed E-state index contributed by atoms with van der Waals surface area (Å²) in [6.07, 6.45) is -0.917. The Bertz CT molecular complexity index is 1040. The predicted octanol–water partition coefficient (Wildman–Crippen LogP) is 3.55. The van der Waals surface area contributed by atoms with E-state index in [0.29, 0.717) is 5.75 Å². The summed E-state index contributed by atoms with van der Waals surface area (Å²) in [5, 5.41) is 10.3. The second-order valence-corrected chi connectivity index (χ2v) is 6.97. The maximum atomic E-state index is 12.5. The van der Waals surface area contributed by atoms with Crippen LogP contribution in [0.4, 0.5) is 0 Å². The van der Waals surface area contributed by atoms with Gasteiger partial charge in [0.15, 0.2) is 5.43 Å². The highest BCUT2D eigenvalue weighted by atomic mass is 79.9. The average Bonchev–Trinajstić information content (AvgIpc) is 2.71. The lowest BCUT2D eigenvalue weighted by molar-refractivity contribution is 0.0490. The molecule has 0 saturated carbocycles. The van der Waals surface area contributed by atoms with E-state index in [1.807, 2.05) is 12.1 Å². The third-order valence-corrected chi connectivity index (χ3v) is 4.41. The molecule has 0 aliphatic carbocycles. The van der Waals surface area contributed by atoms with Gasteiger partial charge in [0.1, 0.15) is 41.8 Å². The first-order valence-corrected chi connectivity index (χ1v) is 9.70. The van der Waals surface area contributed by atoms with Crippen molar-refractivity contribution in [3.63, 3.8) is 0 Å². The lowest BCUT2D eigenvalue weighted by Crippen LogP contribution is -2.25. The first-order chi connectivity index (χ1) is 14.0. The number of hydrogen-bond donors (Lipinski definition) is 1. The Labute approximate surface area is 174 Å². The number of rotatable bonds is 8. The smallest absolute Gasteiger partial charge is 0.374 e. The standard InChI is InChI=1S/C21H19BrO7/c1-2-26-21(25)19-10-16(24)20-17(4-3-5-18(20)29-19)28-12-14(23)11-27-15-8-6-13(22)7-9-15/h3-10,14,23H,2,11-12H2,1H3. The van der Waals surface area contributed by atoms with Crippen molar-refractivity contribution in [3.05, 3.63) is 69.0 Å². The number of benzene rings is 2. The van der Waals surface area contributed by atoms with Gasteiger partial charge in [-0.25, -0.2) is 4.79 Å². The molecule has 1 atom stereocenters. The summed E-state index contributed by atoms with van der Waals surface area (Å²) in [6.45, 7) is 1.77. The van der Waals surface area contributed by atoms with Crippen LogP contribution in [0.25, 0.3) is 11.0 Å². The van der Waals surface area contributed by atoms with Crippen LogP contribution in [-0.4, -0.2) is 37.0 Å². The molecule has 0 radical (unpaired) electrons. The fraction of sp³-hybridized carbons (Fsp3) is 0.238. The van der Waals surface area contributed by atoms with Crippen molar-refractivity contribution in [2.45, 2.75) is 13.0 Å². The molecule has 0 aliphatic heterocycles. The number of esters is 1. The number of hydrogen-bond acceptors (Lipinski definition) is 7. The number of halogens is 1. The maximum absolute atomic E-state index is 12.5. The van der Waals surface area contributed by atoms with Gasteiger partial charge in [-0.2, -0.15) is 0 Å². The summed E-state index contributed by atoms with van der Waals surface area (Å²) < 4.78 is 22.4. The van der Waals surface area contributed by atoms with Crippen molar-refractivity contribution in [2.24, 2.45) is 0 Å². The topological polar surface area (TPSA) is 95.2 Å². The molecule has 0 fully saturated rings. The molecular weight excluding hydrogens is 444 g/mol. The molecule has 3 aromatic rings. The van der Waals surface area contributed by atoms with E-state index in [0.717, 1.165) is 10.5 Å². The van der Waals surface area contributed by atoms with Gasteiger partial charge in [0, 0.05) is 10.5 Å². The van der Waals surface area contributed by atoms with E-state index < -0.39 is 17.5 Å². The largest absolute Gasteiger partial charge is 0.491 e. The van der Waals surface area contributed by atoms with Crippen LogP contribution in [0, 0.1) is 0 Å². The van der Waals surface area contributed by atoms with Crippen molar-refractivity contribution in [1.29, 1.82) is 0 Å². The van der Waals surface area contributed by atoms with Gasteiger partial charge in [-0.1, -0.05) is 22.0 Å². The van der Waals surface area contributed by atoms with E-state index in [1.165, 1.54) is 0 Å². The molecule has 0 amide bonds. The van der Waals surface area contributed by atoms with Gasteiger partial charge in [-0.15, -0.1) is 0 Å². The molecule has 1 N–H and O–H groups in total. The first-order valence-electron chi connectivity index (χ1n) is 8.91. The highest BCUT2D eigenvalue weighted by Gasteiger charge is 2.16. The Hall–Kier alpha value is -2.84. The molecule has 1 heterocycles. The molecular formula is C21H19BrO7. The Kier molecular flexibility index (Phi) is 6.90. The molecule has 29 heavy (non-hydrogen) atoms. The van der Waals surface area contributed by atoms with Gasteiger partial charge < -0.3 is 23.7 Å². The predicted molar refractivity (Wildman–Crippen MR) is 110 cm³/mol. The van der Waals surface area contributed by atoms with Gasteiger partial charge in [0.25, 0.3) is 0 Å². The summed E-state index contributed by atoms with van der Waals surface area (Å²) in [6, 6.07) is 13.0. The lowest BCUT2D eigenvalue weighted by atomic mass is 10.2. The van der Waals surface area contributed by atoms with E-state index in [-0.39, 0.29) is 42.3 Å². The fourth-order valence-electron chi connectivity index (χ4n) is 2.56. The minimum atomic E-state index is -0.917. The van der Waals surface area contributed by atoms with Crippen LogP contribution < -0.4 is 14.9 Å². The van der Waals surface area contributed by atoms with Crippen molar-refractivity contribution < 1.29 is 28.5 Å². The van der Waals surface area contributed by atoms with Crippen molar-refractivity contribution >= 4 is 32.9 Å². The van der Waals surface area contributed by atoms with Crippen LogP contribution in [-0.2, 0) is 4.74 Å². The van der Waals surface area contributed by atoms with E-state index in [4.69, 9.17) is 18.6 Å². The maximum Gasteiger partial charge on any atom is 0.374 e. The van der Waals surface area contributed by atoms with Gasteiger partial charge in [-0.3, -0.25) is 4.79 Å². The van der Waals surface area contributed by atoms with Gasteiger partial charge in [-0.05, 0) is 43.3 Å². The molecule has 0 aliphatic rings. The summed E-state index contributed by atoms with van der Waals surface area (Å²) in [4.78, 5) is 24.3. The van der Waals surface area contributed by atoms with Crippen LogP contribution in [0.2, 0.25) is 0 Å². The van der Waals surface area contributed by atoms with Crippen LogP contribution in [0.1, 0.15) is 17.5 Å². The molecule has 0 spiro atoms. The second-order valence-electron chi connectivity index (χ2n) is 6.05. The normalized spacial score (nSPS) is 11.8. The number of carbonyl (C=O) groups excluding carboxylic acids is 1. The monoisotopic (exact) mass is 462 g/mol. The Morgan fingerprint density at radius 3 is 2.59 bits per heavy atom. The first kappa shape index (κ1) is 20.9. The molecule has 0 bridgehead atoms. The number of carbonyl (C=O) groups is 1. The zero-order chi connectivity index (χ0) is 20.8. The number of fused-ring (bicyclic) bond motifs is 1. The third-order valence-electron chi connectivity index (χ3n) is 3.88. The molecule has 2 aromatic carbocycles. The van der Waals surface area contributed by atoms with Crippen LogP contribution in [0.15, 0.2) is 62.2 Å². The molecule has 8 heteroatoms. The molecule has 3 rings (SSSR count). The number of aliphatic hydroxyl groups excluding tert-OH is 1. The van der Waals surface area contributed by atoms with Crippen molar-refractivity contribution in [2.75, 3.05) is 19.8 Å². The summed E-state index contributed by atoms with van der Waals surface area (Å²) in [5.41, 5.74) is -0.246. The Balaban J connectivity index is 1.68.